The number of carbonyl (C=O) groups excluding carboxylic acids is 2. The van der Waals surface area contributed by atoms with Crippen molar-refractivity contribution < 1.29 is 14.3 Å². The van der Waals surface area contributed by atoms with Crippen molar-refractivity contribution in [2.24, 2.45) is 0 Å². The molecule has 0 fully saturated rings. The number of aryl methyl sites for hydroxylation is 2. The Morgan fingerprint density at radius 2 is 2.16 bits per heavy atom. The van der Waals surface area contributed by atoms with Gasteiger partial charge in [-0.15, -0.1) is 0 Å². The van der Waals surface area contributed by atoms with Gasteiger partial charge < -0.3 is 10.1 Å². The molecule has 8 heteroatoms. The molecule has 0 aromatic carbocycles. The van der Waals surface area contributed by atoms with Crippen LogP contribution in [0.4, 0.5) is 0 Å². The molecule has 0 aliphatic carbocycles. The topological polar surface area (TPSA) is 102 Å². The van der Waals surface area contributed by atoms with Crippen LogP contribution < -0.4 is 5.32 Å². The Hall–Kier alpha value is -2.90. The number of rotatable bonds is 7. The number of esters is 1. The van der Waals surface area contributed by atoms with Gasteiger partial charge in [0.2, 0.25) is 0 Å². The van der Waals surface area contributed by atoms with Gasteiger partial charge in [0.25, 0.3) is 5.91 Å². The summed E-state index contributed by atoms with van der Waals surface area (Å²) < 4.78 is 6.40. The summed E-state index contributed by atoms with van der Waals surface area (Å²) in [7, 11) is 1.32. The number of nitrogens with one attached hydrogen (secondary N) is 2. The van der Waals surface area contributed by atoms with Gasteiger partial charge in [0.05, 0.1) is 18.5 Å². The minimum atomic E-state index is -0.414. The van der Waals surface area contributed by atoms with Gasteiger partial charge >= 0.3 is 5.97 Å². The Morgan fingerprint density at radius 3 is 2.80 bits per heavy atom. The van der Waals surface area contributed by atoms with Gasteiger partial charge in [-0.25, -0.2) is 4.79 Å². The SMILES string of the molecule is CCn1nc(C)c(-c2cc(C(=O)NCC/C=C/C(=O)OC)[nH]n2)c1C. The number of ether oxygens (including phenoxy) is 1. The molecule has 0 atom stereocenters. The number of aromatic nitrogens is 4. The van der Waals surface area contributed by atoms with Gasteiger partial charge in [-0.2, -0.15) is 10.2 Å². The molecule has 2 rings (SSSR count). The summed E-state index contributed by atoms with van der Waals surface area (Å²) in [4.78, 5) is 23.1. The van der Waals surface area contributed by atoms with Gasteiger partial charge in [0.15, 0.2) is 0 Å². The number of nitrogens with zero attached hydrogens (tertiary/aromatic N) is 3. The fourth-order valence-corrected chi connectivity index (χ4v) is 2.55. The summed E-state index contributed by atoms with van der Waals surface area (Å²) in [6.07, 6.45) is 3.51. The highest BCUT2D eigenvalue weighted by molar-refractivity contribution is 5.93. The average Bonchev–Trinajstić information content (AvgIpc) is 3.18. The molecule has 0 saturated heterocycles. The fourth-order valence-electron chi connectivity index (χ4n) is 2.55. The Kier molecular flexibility index (Phi) is 6.10. The van der Waals surface area contributed by atoms with Gasteiger partial charge in [-0.3, -0.25) is 14.6 Å². The number of H-pyrrole nitrogens is 1. The number of amides is 1. The van der Waals surface area contributed by atoms with Crippen LogP contribution in [-0.4, -0.2) is 45.5 Å². The lowest BCUT2D eigenvalue weighted by atomic mass is 10.1. The molecule has 0 aliphatic heterocycles. The van der Waals surface area contributed by atoms with Crippen LogP contribution in [0.1, 0.15) is 35.2 Å². The van der Waals surface area contributed by atoms with Crippen LogP contribution in [0.25, 0.3) is 11.3 Å². The first-order valence-corrected chi connectivity index (χ1v) is 8.10. The van der Waals surface area contributed by atoms with Gasteiger partial charge in [0.1, 0.15) is 5.69 Å². The van der Waals surface area contributed by atoms with Crippen molar-refractivity contribution in [3.8, 4) is 11.3 Å². The van der Waals surface area contributed by atoms with E-state index < -0.39 is 5.97 Å². The molecule has 0 spiro atoms. The van der Waals surface area contributed by atoms with Crippen LogP contribution in [0.5, 0.6) is 0 Å². The third kappa shape index (κ3) is 4.34. The molecule has 0 unspecified atom stereocenters. The second-order valence-electron chi connectivity index (χ2n) is 5.50. The van der Waals surface area contributed by atoms with Gasteiger partial charge in [-0.05, 0) is 33.3 Å². The molecule has 2 N–H and O–H groups in total. The van der Waals surface area contributed by atoms with Crippen LogP contribution in [0.2, 0.25) is 0 Å². The zero-order chi connectivity index (χ0) is 18.4. The van der Waals surface area contributed by atoms with Crippen LogP contribution in [0.3, 0.4) is 0 Å². The quantitative estimate of drug-likeness (QED) is 0.452. The smallest absolute Gasteiger partial charge is 0.330 e. The molecule has 2 heterocycles. The van der Waals surface area contributed by atoms with E-state index in [4.69, 9.17) is 0 Å². The highest BCUT2D eigenvalue weighted by atomic mass is 16.5. The van der Waals surface area contributed by atoms with E-state index in [1.807, 2.05) is 25.5 Å². The van der Waals surface area contributed by atoms with Crippen molar-refractivity contribution in [3.63, 3.8) is 0 Å². The predicted molar refractivity (Wildman–Crippen MR) is 93.1 cm³/mol. The highest BCUT2D eigenvalue weighted by Gasteiger charge is 2.17. The van der Waals surface area contributed by atoms with E-state index in [0.717, 1.165) is 23.5 Å². The van der Waals surface area contributed by atoms with Crippen LogP contribution in [-0.2, 0) is 16.1 Å². The Balaban J connectivity index is 1.99. The normalized spacial score (nSPS) is 11.0. The summed E-state index contributed by atoms with van der Waals surface area (Å²) in [6.45, 7) is 7.13. The molecule has 0 saturated carbocycles. The Labute approximate surface area is 146 Å². The maximum Gasteiger partial charge on any atom is 0.330 e. The van der Waals surface area contributed by atoms with E-state index in [1.165, 1.54) is 13.2 Å². The summed E-state index contributed by atoms with van der Waals surface area (Å²) >= 11 is 0. The number of hydrogen-bond donors (Lipinski definition) is 2. The van der Waals surface area contributed by atoms with Crippen molar-refractivity contribution in [3.05, 3.63) is 35.3 Å². The van der Waals surface area contributed by atoms with Crippen molar-refractivity contribution in [2.75, 3.05) is 13.7 Å². The highest BCUT2D eigenvalue weighted by Crippen LogP contribution is 2.25. The van der Waals surface area contributed by atoms with Crippen molar-refractivity contribution >= 4 is 11.9 Å². The molecule has 8 nitrogen and oxygen atoms in total. The molecule has 0 aliphatic rings. The van der Waals surface area contributed by atoms with E-state index >= 15 is 0 Å². The molecule has 25 heavy (non-hydrogen) atoms. The predicted octanol–water partition coefficient (Wildman–Crippen LogP) is 1.76. The third-order valence-electron chi connectivity index (χ3n) is 3.81. The van der Waals surface area contributed by atoms with Crippen LogP contribution >= 0.6 is 0 Å². The minimum Gasteiger partial charge on any atom is -0.466 e. The summed E-state index contributed by atoms with van der Waals surface area (Å²) in [5.41, 5.74) is 3.93. The number of carbonyl (C=O) groups is 2. The molecule has 0 radical (unpaired) electrons. The van der Waals surface area contributed by atoms with Crippen molar-refractivity contribution in [1.29, 1.82) is 0 Å². The zero-order valence-electron chi connectivity index (χ0n) is 14.9. The van der Waals surface area contributed by atoms with Crippen molar-refractivity contribution in [1.82, 2.24) is 25.3 Å². The van der Waals surface area contributed by atoms with Gasteiger partial charge in [0, 0.05) is 30.4 Å². The summed E-state index contributed by atoms with van der Waals surface area (Å²) in [5.74, 6) is -0.661. The van der Waals surface area contributed by atoms with Crippen molar-refractivity contribution in [2.45, 2.75) is 33.7 Å². The first kappa shape index (κ1) is 18.4. The summed E-state index contributed by atoms with van der Waals surface area (Å²) in [6, 6.07) is 1.72. The lowest BCUT2D eigenvalue weighted by Gasteiger charge is -2.00. The van der Waals surface area contributed by atoms with E-state index in [9.17, 15) is 9.59 Å². The Morgan fingerprint density at radius 1 is 1.40 bits per heavy atom. The Bertz CT molecular complexity index is 788. The minimum absolute atomic E-state index is 0.247. The lowest BCUT2D eigenvalue weighted by Crippen LogP contribution is -2.24. The van der Waals surface area contributed by atoms with E-state index in [-0.39, 0.29) is 5.91 Å². The number of methoxy groups -OCH3 is 1. The first-order valence-electron chi connectivity index (χ1n) is 8.10. The molecular formula is C17H23N5O3. The fraction of sp³-hybridized carbons (Fsp3) is 0.412. The molecule has 0 bridgehead atoms. The van der Waals surface area contributed by atoms with Gasteiger partial charge in [-0.1, -0.05) is 6.08 Å². The monoisotopic (exact) mass is 345 g/mol. The molecule has 2 aromatic rings. The number of hydrogen-bond acceptors (Lipinski definition) is 5. The molecule has 1 amide bonds. The van der Waals surface area contributed by atoms with Crippen LogP contribution in [0.15, 0.2) is 18.2 Å². The number of aromatic amines is 1. The standard InChI is InChI=1S/C17H23N5O3/c1-5-22-12(3)16(11(2)21-22)13-10-14(20-19-13)17(24)18-9-7-6-8-15(23)25-4/h6,8,10H,5,7,9H2,1-4H3,(H,18,24)(H,19,20)/b8-6+. The zero-order valence-corrected chi connectivity index (χ0v) is 14.9. The lowest BCUT2D eigenvalue weighted by molar-refractivity contribution is -0.134. The summed E-state index contributed by atoms with van der Waals surface area (Å²) in [5, 5.41) is 14.2. The van der Waals surface area contributed by atoms with E-state index in [1.54, 1.807) is 12.1 Å². The molecular weight excluding hydrogens is 322 g/mol. The largest absolute Gasteiger partial charge is 0.466 e. The van der Waals surface area contributed by atoms with E-state index in [0.29, 0.717) is 24.4 Å². The average molecular weight is 345 g/mol. The van der Waals surface area contributed by atoms with E-state index in [2.05, 4.69) is 25.3 Å². The molecule has 2 aromatic heterocycles. The third-order valence-corrected chi connectivity index (χ3v) is 3.81. The first-order chi connectivity index (χ1) is 12.0. The maximum absolute atomic E-state index is 12.2. The second-order valence-corrected chi connectivity index (χ2v) is 5.50. The maximum atomic E-state index is 12.2. The second kappa shape index (κ2) is 8.27. The van der Waals surface area contributed by atoms with Crippen LogP contribution in [0, 0.1) is 13.8 Å². The molecule has 134 valence electrons.